The van der Waals surface area contributed by atoms with Crippen LogP contribution in [0.1, 0.15) is 63.5 Å². The molecule has 1 aliphatic heterocycles. The third-order valence-electron chi connectivity index (χ3n) is 7.78. The fourth-order valence-electron chi connectivity index (χ4n) is 5.36. The summed E-state index contributed by atoms with van der Waals surface area (Å²) in [6.45, 7) is 3.22. The van der Waals surface area contributed by atoms with E-state index >= 15 is 0 Å². The third kappa shape index (κ3) is 6.78. The summed E-state index contributed by atoms with van der Waals surface area (Å²) in [6, 6.07) is 9.48. The van der Waals surface area contributed by atoms with E-state index < -0.39 is 16.1 Å². The lowest BCUT2D eigenvalue weighted by atomic mass is 9.94. The summed E-state index contributed by atoms with van der Waals surface area (Å²) in [5.74, 6) is 1.70. The number of rotatable bonds is 10. The van der Waals surface area contributed by atoms with E-state index in [1.165, 1.54) is 27.8 Å². The van der Waals surface area contributed by atoms with Crippen molar-refractivity contribution < 1.29 is 27.4 Å². The summed E-state index contributed by atoms with van der Waals surface area (Å²) in [5.41, 5.74) is 1.26. The molecule has 1 saturated heterocycles. The van der Waals surface area contributed by atoms with Crippen molar-refractivity contribution in [1.82, 2.24) is 9.62 Å². The van der Waals surface area contributed by atoms with Gasteiger partial charge in [0.2, 0.25) is 21.7 Å². The van der Waals surface area contributed by atoms with Crippen LogP contribution in [0.2, 0.25) is 0 Å². The second kappa shape index (κ2) is 12.9. The second-order valence-electron chi connectivity index (χ2n) is 10.5. The highest BCUT2D eigenvalue weighted by atomic mass is 32.2. The molecule has 1 heterocycles. The maximum absolute atomic E-state index is 13.6. The molecule has 1 aliphatic carbocycles. The number of carbonyl (C=O) groups excluding carboxylic acids is 1. The van der Waals surface area contributed by atoms with E-state index in [0.29, 0.717) is 47.5 Å². The minimum absolute atomic E-state index is 0.123. The summed E-state index contributed by atoms with van der Waals surface area (Å²) < 4.78 is 44.4. The van der Waals surface area contributed by atoms with E-state index in [1.54, 1.807) is 40.7 Å². The smallest absolute Gasteiger partial charge is 0.247 e. The number of benzene rings is 2. The van der Waals surface area contributed by atoms with Crippen molar-refractivity contribution in [3.05, 3.63) is 42.0 Å². The Kier molecular flexibility index (Phi) is 9.61. The largest absolute Gasteiger partial charge is 0.493 e. The Labute approximate surface area is 232 Å². The monoisotopic (exact) mass is 559 g/mol. The molecule has 2 aliphatic rings. The molecule has 2 aromatic rings. The van der Waals surface area contributed by atoms with Gasteiger partial charge in [-0.15, -0.1) is 0 Å². The van der Waals surface area contributed by atoms with Gasteiger partial charge in [-0.3, -0.25) is 4.79 Å². The second-order valence-corrected chi connectivity index (χ2v) is 12.4. The van der Waals surface area contributed by atoms with E-state index in [2.05, 4.69) is 17.6 Å². The van der Waals surface area contributed by atoms with Crippen molar-refractivity contribution in [1.29, 1.82) is 0 Å². The van der Waals surface area contributed by atoms with Gasteiger partial charge in [-0.25, -0.2) is 8.42 Å². The zero-order valence-corrected chi connectivity index (χ0v) is 24.2. The molecule has 4 rings (SSSR count). The summed E-state index contributed by atoms with van der Waals surface area (Å²) in [5, 5.41) is 6.52. The van der Waals surface area contributed by atoms with Crippen molar-refractivity contribution in [3.8, 4) is 17.2 Å². The maximum Gasteiger partial charge on any atom is 0.247 e. The van der Waals surface area contributed by atoms with Gasteiger partial charge in [0.05, 0.1) is 26.2 Å². The van der Waals surface area contributed by atoms with Crippen LogP contribution in [0.5, 0.6) is 17.2 Å². The molecule has 9 nitrogen and oxygen atoms in total. The normalized spacial score (nSPS) is 18.3. The minimum atomic E-state index is -3.56. The van der Waals surface area contributed by atoms with Gasteiger partial charge in [0.15, 0.2) is 11.5 Å². The molecule has 2 N–H and O–H groups in total. The minimum Gasteiger partial charge on any atom is -0.493 e. The Balaban J connectivity index is 1.61. The average Bonchev–Trinajstić information content (AvgIpc) is 2.96. The number of hydrogen-bond donors (Lipinski definition) is 2. The van der Waals surface area contributed by atoms with Crippen LogP contribution in [0.15, 0.2) is 41.3 Å². The van der Waals surface area contributed by atoms with Crippen LogP contribution in [0.4, 0.5) is 5.69 Å². The molecule has 10 heteroatoms. The summed E-state index contributed by atoms with van der Waals surface area (Å²) in [4.78, 5) is 13.9. The SMILES string of the molecule is COc1cc(C(Nc2ccc(S(=O)(=O)N3CCC(C)CC3)cc2)C(=O)NC2CCCCC2)cc(OC)c1OC. The number of anilines is 1. The Bertz CT molecular complexity index is 1200. The third-order valence-corrected chi connectivity index (χ3v) is 9.69. The fourth-order valence-corrected chi connectivity index (χ4v) is 6.83. The molecule has 0 spiro atoms. The first-order valence-corrected chi connectivity index (χ1v) is 15.2. The van der Waals surface area contributed by atoms with Crippen LogP contribution in [0.3, 0.4) is 0 Å². The molecule has 214 valence electrons. The van der Waals surface area contributed by atoms with Gasteiger partial charge in [0, 0.05) is 24.8 Å². The van der Waals surface area contributed by atoms with Crippen LogP contribution in [-0.2, 0) is 14.8 Å². The fraction of sp³-hybridized carbons (Fsp3) is 0.552. The van der Waals surface area contributed by atoms with Crippen molar-refractivity contribution in [2.24, 2.45) is 5.92 Å². The number of ether oxygens (including phenoxy) is 3. The zero-order chi connectivity index (χ0) is 28.0. The number of hydrogen-bond acceptors (Lipinski definition) is 7. The van der Waals surface area contributed by atoms with E-state index in [9.17, 15) is 13.2 Å². The number of sulfonamides is 1. The van der Waals surface area contributed by atoms with Crippen LogP contribution in [0, 0.1) is 5.92 Å². The van der Waals surface area contributed by atoms with Crippen molar-refractivity contribution in [2.45, 2.75) is 68.8 Å². The number of nitrogens with zero attached hydrogens (tertiary/aromatic N) is 1. The average molecular weight is 560 g/mol. The predicted octanol–water partition coefficient (Wildman–Crippen LogP) is 4.74. The highest BCUT2D eigenvalue weighted by molar-refractivity contribution is 7.89. The van der Waals surface area contributed by atoms with E-state index in [1.807, 2.05) is 0 Å². The quantitative estimate of drug-likeness (QED) is 0.433. The Morgan fingerprint density at radius 2 is 1.49 bits per heavy atom. The van der Waals surface area contributed by atoms with Gasteiger partial charge in [-0.2, -0.15) is 4.31 Å². The molecule has 1 unspecified atom stereocenters. The van der Waals surface area contributed by atoms with Gasteiger partial charge in [0.25, 0.3) is 0 Å². The number of amides is 1. The lowest BCUT2D eigenvalue weighted by molar-refractivity contribution is -0.122. The lowest BCUT2D eigenvalue weighted by Crippen LogP contribution is -2.41. The highest BCUT2D eigenvalue weighted by Crippen LogP contribution is 2.40. The van der Waals surface area contributed by atoms with Crippen LogP contribution in [0.25, 0.3) is 0 Å². The number of methoxy groups -OCH3 is 3. The molecular weight excluding hydrogens is 518 g/mol. The standard InChI is InChI=1S/C29H41N3O6S/c1-20-14-16-32(17-15-20)39(34,35)24-12-10-23(11-13-24)30-27(29(33)31-22-8-6-5-7-9-22)21-18-25(36-2)28(38-4)26(19-21)37-3/h10-13,18-20,22,27,30H,5-9,14-17H2,1-4H3,(H,31,33). The number of nitrogens with one attached hydrogen (secondary N) is 2. The Morgan fingerprint density at radius 1 is 0.897 bits per heavy atom. The first kappa shape index (κ1) is 29.0. The Hall–Kier alpha value is -2.98. The van der Waals surface area contributed by atoms with Gasteiger partial charge in [-0.05, 0) is 73.6 Å². The summed E-state index contributed by atoms with van der Waals surface area (Å²) in [6.07, 6.45) is 7.02. The molecule has 1 saturated carbocycles. The molecule has 0 bridgehead atoms. The molecule has 0 aromatic heterocycles. The molecule has 1 amide bonds. The molecule has 2 aromatic carbocycles. The highest BCUT2D eigenvalue weighted by Gasteiger charge is 2.29. The molecule has 39 heavy (non-hydrogen) atoms. The van der Waals surface area contributed by atoms with Crippen molar-refractivity contribution in [2.75, 3.05) is 39.7 Å². The van der Waals surface area contributed by atoms with Crippen molar-refractivity contribution in [3.63, 3.8) is 0 Å². The van der Waals surface area contributed by atoms with Crippen LogP contribution < -0.4 is 24.8 Å². The topological polar surface area (TPSA) is 106 Å². The van der Waals surface area contributed by atoms with E-state index in [4.69, 9.17) is 14.2 Å². The first-order valence-electron chi connectivity index (χ1n) is 13.7. The maximum atomic E-state index is 13.6. The van der Waals surface area contributed by atoms with E-state index in [-0.39, 0.29) is 16.8 Å². The van der Waals surface area contributed by atoms with Gasteiger partial charge >= 0.3 is 0 Å². The van der Waals surface area contributed by atoms with Crippen LogP contribution >= 0.6 is 0 Å². The molecule has 2 fully saturated rings. The molecule has 0 radical (unpaired) electrons. The van der Waals surface area contributed by atoms with Gasteiger partial charge < -0.3 is 24.8 Å². The van der Waals surface area contributed by atoms with Crippen molar-refractivity contribution >= 4 is 21.6 Å². The van der Waals surface area contributed by atoms with Gasteiger partial charge in [-0.1, -0.05) is 26.2 Å². The zero-order valence-electron chi connectivity index (χ0n) is 23.4. The van der Waals surface area contributed by atoms with E-state index in [0.717, 1.165) is 38.5 Å². The predicted molar refractivity (Wildman–Crippen MR) is 151 cm³/mol. The number of carbonyl (C=O) groups is 1. The Morgan fingerprint density at radius 3 is 2.03 bits per heavy atom. The molecule has 1 atom stereocenters. The van der Waals surface area contributed by atoms with Crippen LogP contribution in [-0.4, -0.2) is 59.1 Å². The van der Waals surface area contributed by atoms with Gasteiger partial charge in [0.1, 0.15) is 6.04 Å². The first-order chi connectivity index (χ1) is 18.8. The lowest BCUT2D eigenvalue weighted by Gasteiger charge is -2.29. The number of piperidine rings is 1. The summed E-state index contributed by atoms with van der Waals surface area (Å²) >= 11 is 0. The summed E-state index contributed by atoms with van der Waals surface area (Å²) in [7, 11) is 1.04. The molecular formula is C29H41N3O6S.